The summed E-state index contributed by atoms with van der Waals surface area (Å²) in [6.07, 6.45) is 0.723. The average Bonchev–Trinajstić information content (AvgIpc) is 2.58. The highest BCUT2D eigenvalue weighted by Crippen LogP contribution is 2.36. The van der Waals surface area contributed by atoms with Gasteiger partial charge in [-0.1, -0.05) is 60.7 Å². The van der Waals surface area contributed by atoms with Gasteiger partial charge < -0.3 is 4.74 Å². The predicted octanol–water partition coefficient (Wildman–Crippen LogP) is 6.35. The van der Waals surface area contributed by atoms with Crippen LogP contribution in [0.3, 0.4) is 0 Å². The molecule has 0 spiro atoms. The van der Waals surface area contributed by atoms with Crippen molar-refractivity contribution in [1.29, 1.82) is 0 Å². The van der Waals surface area contributed by atoms with Crippen LogP contribution >= 0.6 is 27.5 Å². The summed E-state index contributed by atoms with van der Waals surface area (Å²) in [5.41, 5.74) is 1.14. The molecule has 0 bridgehead atoms. The van der Waals surface area contributed by atoms with Crippen LogP contribution in [-0.4, -0.2) is 5.88 Å². The topological polar surface area (TPSA) is 9.23 Å². The quantitative estimate of drug-likeness (QED) is 0.472. The Morgan fingerprint density at radius 2 is 1.64 bits per heavy atom. The second-order valence-electron chi connectivity index (χ2n) is 5.09. The molecule has 1 nitrogen and oxygen atoms in total. The van der Waals surface area contributed by atoms with E-state index in [2.05, 4.69) is 46.3 Å². The van der Waals surface area contributed by atoms with Gasteiger partial charge in [0.1, 0.15) is 11.9 Å². The van der Waals surface area contributed by atoms with Crippen LogP contribution in [0, 0.1) is 0 Å². The van der Waals surface area contributed by atoms with Gasteiger partial charge in [0.2, 0.25) is 0 Å². The number of halogens is 2. The lowest BCUT2D eigenvalue weighted by molar-refractivity contribution is 0.201. The first-order valence-corrected chi connectivity index (χ1v) is 8.57. The highest BCUT2D eigenvalue weighted by Gasteiger charge is 2.15. The molecule has 1 atom stereocenters. The molecule has 0 fully saturated rings. The molecule has 0 saturated carbocycles. The number of ether oxygens (including phenoxy) is 1. The van der Waals surface area contributed by atoms with Crippen LogP contribution in [0.25, 0.3) is 10.8 Å². The van der Waals surface area contributed by atoms with E-state index in [-0.39, 0.29) is 6.10 Å². The van der Waals surface area contributed by atoms with Crippen molar-refractivity contribution in [2.75, 3.05) is 5.88 Å². The van der Waals surface area contributed by atoms with Gasteiger partial charge in [0.25, 0.3) is 0 Å². The molecule has 22 heavy (non-hydrogen) atoms. The van der Waals surface area contributed by atoms with E-state index in [1.807, 2.05) is 36.4 Å². The van der Waals surface area contributed by atoms with Crippen molar-refractivity contribution < 1.29 is 4.74 Å². The number of alkyl halides is 1. The minimum absolute atomic E-state index is 0.0452. The SMILES string of the molecule is ClCC[C@H](Oc1ccc2ccccc2c1Br)c1ccccc1. The van der Waals surface area contributed by atoms with Crippen molar-refractivity contribution in [1.82, 2.24) is 0 Å². The Labute approximate surface area is 144 Å². The molecule has 112 valence electrons. The van der Waals surface area contributed by atoms with E-state index in [1.54, 1.807) is 0 Å². The summed E-state index contributed by atoms with van der Waals surface area (Å²) in [6, 6.07) is 22.5. The lowest BCUT2D eigenvalue weighted by atomic mass is 10.1. The van der Waals surface area contributed by atoms with E-state index in [4.69, 9.17) is 16.3 Å². The van der Waals surface area contributed by atoms with Crippen molar-refractivity contribution in [2.24, 2.45) is 0 Å². The standard InChI is InChI=1S/C19H16BrClO/c20-19-16-9-5-4-6-14(16)10-11-18(19)22-17(12-13-21)15-7-2-1-3-8-15/h1-11,17H,12-13H2/t17-/m0/s1. The van der Waals surface area contributed by atoms with Crippen LogP contribution in [0.1, 0.15) is 18.1 Å². The van der Waals surface area contributed by atoms with Crippen molar-refractivity contribution >= 4 is 38.3 Å². The molecule has 3 rings (SSSR count). The minimum atomic E-state index is -0.0452. The second-order valence-corrected chi connectivity index (χ2v) is 6.26. The lowest BCUT2D eigenvalue weighted by Crippen LogP contribution is -2.08. The van der Waals surface area contributed by atoms with E-state index in [9.17, 15) is 0 Å². The van der Waals surface area contributed by atoms with Gasteiger partial charge in [0.15, 0.2) is 0 Å². The fourth-order valence-electron chi connectivity index (χ4n) is 2.52. The largest absolute Gasteiger partial charge is 0.484 e. The van der Waals surface area contributed by atoms with E-state index >= 15 is 0 Å². The summed E-state index contributed by atoms with van der Waals surface area (Å²) in [5.74, 6) is 1.41. The molecule has 0 aliphatic rings. The molecular formula is C19H16BrClO. The smallest absolute Gasteiger partial charge is 0.135 e. The fraction of sp³-hybridized carbons (Fsp3) is 0.158. The Hall–Kier alpha value is -1.51. The molecule has 0 heterocycles. The van der Waals surface area contributed by atoms with E-state index < -0.39 is 0 Å². The Bertz CT molecular complexity index is 758. The molecule has 3 aromatic rings. The molecule has 0 aromatic heterocycles. The van der Waals surface area contributed by atoms with Gasteiger partial charge in [0.05, 0.1) is 4.47 Å². The van der Waals surface area contributed by atoms with E-state index in [0.29, 0.717) is 5.88 Å². The van der Waals surface area contributed by atoms with E-state index in [1.165, 1.54) is 5.39 Å². The number of benzene rings is 3. The first-order chi connectivity index (χ1) is 10.8. The molecule has 0 unspecified atom stereocenters. The summed E-state index contributed by atoms with van der Waals surface area (Å²) in [5, 5.41) is 2.34. The molecular weight excluding hydrogens is 360 g/mol. The third-order valence-electron chi connectivity index (χ3n) is 3.64. The van der Waals surface area contributed by atoms with Gasteiger partial charge in [-0.3, -0.25) is 0 Å². The zero-order valence-corrected chi connectivity index (χ0v) is 14.3. The van der Waals surface area contributed by atoms with Crippen LogP contribution in [0.2, 0.25) is 0 Å². The molecule has 3 heteroatoms. The van der Waals surface area contributed by atoms with Crippen LogP contribution in [0.5, 0.6) is 5.75 Å². The van der Waals surface area contributed by atoms with Crippen molar-refractivity contribution in [3.63, 3.8) is 0 Å². The predicted molar refractivity (Wildman–Crippen MR) is 96.8 cm³/mol. The molecule has 0 amide bonds. The number of hydrogen-bond acceptors (Lipinski definition) is 1. The van der Waals surface area contributed by atoms with Crippen molar-refractivity contribution in [2.45, 2.75) is 12.5 Å². The highest BCUT2D eigenvalue weighted by molar-refractivity contribution is 9.10. The molecule has 0 N–H and O–H groups in total. The zero-order chi connectivity index (χ0) is 15.4. The third-order valence-corrected chi connectivity index (χ3v) is 4.68. The Morgan fingerprint density at radius 3 is 2.41 bits per heavy atom. The van der Waals surface area contributed by atoms with Gasteiger partial charge >= 0.3 is 0 Å². The minimum Gasteiger partial charge on any atom is -0.484 e. The van der Waals surface area contributed by atoms with Gasteiger partial charge in [-0.2, -0.15) is 0 Å². The molecule has 0 aliphatic carbocycles. The highest BCUT2D eigenvalue weighted by atomic mass is 79.9. The summed E-state index contributed by atoms with van der Waals surface area (Å²) >= 11 is 9.63. The Kier molecular flexibility index (Phi) is 5.01. The number of hydrogen-bond donors (Lipinski definition) is 0. The second kappa shape index (κ2) is 7.17. The Morgan fingerprint density at radius 1 is 0.909 bits per heavy atom. The van der Waals surface area contributed by atoms with Crippen LogP contribution < -0.4 is 4.74 Å². The maximum absolute atomic E-state index is 6.25. The molecule has 0 radical (unpaired) electrons. The van der Waals surface area contributed by atoms with Crippen LogP contribution in [0.4, 0.5) is 0 Å². The summed E-state index contributed by atoms with van der Waals surface area (Å²) in [4.78, 5) is 0. The van der Waals surface area contributed by atoms with Crippen molar-refractivity contribution in [3.05, 3.63) is 76.8 Å². The zero-order valence-electron chi connectivity index (χ0n) is 12.0. The molecule has 0 aliphatic heterocycles. The third kappa shape index (κ3) is 3.29. The Balaban J connectivity index is 1.94. The summed E-state index contributed by atoms with van der Waals surface area (Å²) < 4.78 is 7.24. The summed E-state index contributed by atoms with van der Waals surface area (Å²) in [7, 11) is 0. The maximum atomic E-state index is 6.25. The first-order valence-electron chi connectivity index (χ1n) is 7.24. The lowest BCUT2D eigenvalue weighted by Gasteiger charge is -2.20. The van der Waals surface area contributed by atoms with Gasteiger partial charge in [-0.25, -0.2) is 0 Å². The number of fused-ring (bicyclic) bond motifs is 1. The first kappa shape index (κ1) is 15.4. The van der Waals surface area contributed by atoms with Gasteiger partial charge in [-0.05, 0) is 38.3 Å². The van der Waals surface area contributed by atoms with Gasteiger partial charge in [0, 0.05) is 12.3 Å². The maximum Gasteiger partial charge on any atom is 0.135 e. The molecule has 3 aromatic carbocycles. The average molecular weight is 376 g/mol. The van der Waals surface area contributed by atoms with Gasteiger partial charge in [-0.15, -0.1) is 11.6 Å². The normalized spacial score (nSPS) is 12.3. The molecule has 0 saturated heterocycles. The number of rotatable bonds is 5. The van der Waals surface area contributed by atoms with Crippen molar-refractivity contribution in [3.8, 4) is 5.75 Å². The van der Waals surface area contributed by atoms with E-state index in [0.717, 1.165) is 27.6 Å². The van der Waals surface area contributed by atoms with Crippen LogP contribution in [-0.2, 0) is 0 Å². The summed E-state index contributed by atoms with van der Waals surface area (Å²) in [6.45, 7) is 0. The van der Waals surface area contributed by atoms with Crippen LogP contribution in [0.15, 0.2) is 71.2 Å². The fourth-order valence-corrected chi connectivity index (χ4v) is 3.30. The monoisotopic (exact) mass is 374 g/mol.